The standard InChI is InChI=1S/C14H12BrN3OS/c1-18-13(12-7-4-8-19-12)16-17-14(18)20-9-10-5-2-3-6-11(10)15/h2-8H,9H2,1H3. The van der Waals surface area contributed by atoms with Gasteiger partial charge in [-0.25, -0.2) is 0 Å². The molecule has 4 nitrogen and oxygen atoms in total. The molecule has 1 aromatic carbocycles. The first-order chi connectivity index (χ1) is 9.75. The maximum absolute atomic E-state index is 5.36. The molecule has 0 bridgehead atoms. The van der Waals surface area contributed by atoms with E-state index in [9.17, 15) is 0 Å². The Balaban J connectivity index is 1.78. The zero-order chi connectivity index (χ0) is 13.9. The fourth-order valence-corrected chi connectivity index (χ4v) is 3.34. The second-order valence-corrected chi connectivity index (χ2v) is 6.02. The molecule has 0 fully saturated rings. The van der Waals surface area contributed by atoms with Crippen molar-refractivity contribution in [2.75, 3.05) is 0 Å². The van der Waals surface area contributed by atoms with E-state index in [4.69, 9.17) is 4.42 Å². The molecule has 3 aromatic rings. The first-order valence-electron chi connectivity index (χ1n) is 6.05. The number of rotatable bonds is 4. The van der Waals surface area contributed by atoms with Crippen LogP contribution in [0.5, 0.6) is 0 Å². The molecule has 102 valence electrons. The summed E-state index contributed by atoms with van der Waals surface area (Å²) in [7, 11) is 1.94. The van der Waals surface area contributed by atoms with Crippen LogP contribution in [0.15, 0.2) is 56.7 Å². The summed E-state index contributed by atoms with van der Waals surface area (Å²) in [6.45, 7) is 0. The zero-order valence-electron chi connectivity index (χ0n) is 10.8. The lowest BCUT2D eigenvalue weighted by Crippen LogP contribution is -1.94. The molecular weight excluding hydrogens is 338 g/mol. The molecule has 0 N–H and O–H groups in total. The normalized spacial score (nSPS) is 10.9. The molecule has 0 atom stereocenters. The summed E-state index contributed by atoms with van der Waals surface area (Å²) >= 11 is 5.20. The highest BCUT2D eigenvalue weighted by atomic mass is 79.9. The van der Waals surface area contributed by atoms with E-state index in [2.05, 4.69) is 32.2 Å². The fourth-order valence-electron chi connectivity index (χ4n) is 1.82. The van der Waals surface area contributed by atoms with Gasteiger partial charge in [-0.1, -0.05) is 45.9 Å². The Kier molecular flexibility index (Phi) is 3.93. The maximum atomic E-state index is 5.36. The lowest BCUT2D eigenvalue weighted by Gasteiger charge is -2.04. The third-order valence-corrected chi connectivity index (χ3v) is 4.73. The molecule has 2 heterocycles. The van der Waals surface area contributed by atoms with Crippen molar-refractivity contribution >= 4 is 27.7 Å². The van der Waals surface area contributed by atoms with Crippen LogP contribution in [0, 0.1) is 0 Å². The predicted octanol–water partition coefficient (Wildman–Crippen LogP) is 4.13. The number of thioether (sulfide) groups is 1. The Hall–Kier alpha value is -1.53. The van der Waals surface area contributed by atoms with Crippen LogP contribution >= 0.6 is 27.7 Å². The van der Waals surface area contributed by atoms with Crippen molar-refractivity contribution in [1.82, 2.24) is 14.8 Å². The summed E-state index contributed by atoms with van der Waals surface area (Å²) in [6, 6.07) is 11.9. The molecule has 0 amide bonds. The van der Waals surface area contributed by atoms with Crippen LogP contribution in [0.4, 0.5) is 0 Å². The Morgan fingerprint density at radius 3 is 2.80 bits per heavy atom. The molecule has 0 radical (unpaired) electrons. The maximum Gasteiger partial charge on any atom is 0.200 e. The van der Waals surface area contributed by atoms with Gasteiger partial charge in [-0.15, -0.1) is 10.2 Å². The van der Waals surface area contributed by atoms with E-state index in [1.165, 1.54) is 5.56 Å². The molecule has 0 unspecified atom stereocenters. The summed E-state index contributed by atoms with van der Waals surface area (Å²) in [5.41, 5.74) is 1.24. The van der Waals surface area contributed by atoms with Crippen molar-refractivity contribution in [3.63, 3.8) is 0 Å². The van der Waals surface area contributed by atoms with Crippen LogP contribution in [-0.2, 0) is 12.8 Å². The molecule has 0 saturated carbocycles. The molecule has 2 aromatic heterocycles. The van der Waals surface area contributed by atoms with E-state index < -0.39 is 0 Å². The van der Waals surface area contributed by atoms with Crippen molar-refractivity contribution in [2.24, 2.45) is 7.05 Å². The van der Waals surface area contributed by atoms with Crippen LogP contribution in [0.25, 0.3) is 11.6 Å². The van der Waals surface area contributed by atoms with Crippen LogP contribution in [0.3, 0.4) is 0 Å². The molecule has 20 heavy (non-hydrogen) atoms. The van der Waals surface area contributed by atoms with Gasteiger partial charge in [0, 0.05) is 17.3 Å². The minimum atomic E-state index is 0.729. The van der Waals surface area contributed by atoms with E-state index in [0.717, 1.165) is 27.0 Å². The topological polar surface area (TPSA) is 43.9 Å². The van der Waals surface area contributed by atoms with Crippen LogP contribution in [-0.4, -0.2) is 14.8 Å². The van der Waals surface area contributed by atoms with Gasteiger partial charge in [0.15, 0.2) is 16.7 Å². The minimum absolute atomic E-state index is 0.729. The van der Waals surface area contributed by atoms with Crippen molar-refractivity contribution in [3.8, 4) is 11.6 Å². The van der Waals surface area contributed by atoms with Gasteiger partial charge >= 0.3 is 0 Å². The molecule has 0 aliphatic carbocycles. The molecule has 3 rings (SSSR count). The predicted molar refractivity (Wildman–Crippen MR) is 82.4 cm³/mol. The van der Waals surface area contributed by atoms with Gasteiger partial charge < -0.3 is 8.98 Å². The third-order valence-electron chi connectivity index (χ3n) is 2.89. The lowest BCUT2D eigenvalue weighted by atomic mass is 10.2. The molecule has 0 saturated heterocycles. The Labute approximate surface area is 129 Å². The highest BCUT2D eigenvalue weighted by Gasteiger charge is 2.13. The van der Waals surface area contributed by atoms with E-state index in [1.807, 2.05) is 41.9 Å². The van der Waals surface area contributed by atoms with Crippen LogP contribution in [0.1, 0.15) is 5.56 Å². The van der Waals surface area contributed by atoms with E-state index in [-0.39, 0.29) is 0 Å². The largest absolute Gasteiger partial charge is 0.461 e. The van der Waals surface area contributed by atoms with E-state index >= 15 is 0 Å². The second-order valence-electron chi connectivity index (χ2n) is 4.22. The van der Waals surface area contributed by atoms with Crippen molar-refractivity contribution < 1.29 is 4.42 Å². The van der Waals surface area contributed by atoms with Gasteiger partial charge in [0.2, 0.25) is 0 Å². The number of nitrogens with zero attached hydrogens (tertiary/aromatic N) is 3. The van der Waals surface area contributed by atoms with Crippen LogP contribution < -0.4 is 0 Å². The number of halogens is 1. The Morgan fingerprint density at radius 2 is 2.05 bits per heavy atom. The smallest absolute Gasteiger partial charge is 0.200 e. The van der Waals surface area contributed by atoms with Gasteiger partial charge in [0.25, 0.3) is 0 Å². The van der Waals surface area contributed by atoms with Gasteiger partial charge in [-0.05, 0) is 23.8 Å². The molecule has 0 aliphatic rings. The number of hydrogen-bond acceptors (Lipinski definition) is 4. The van der Waals surface area contributed by atoms with Gasteiger partial charge in [0.05, 0.1) is 6.26 Å². The number of hydrogen-bond donors (Lipinski definition) is 0. The molecule has 6 heteroatoms. The Morgan fingerprint density at radius 1 is 1.20 bits per heavy atom. The summed E-state index contributed by atoms with van der Waals surface area (Å²) < 4.78 is 8.41. The van der Waals surface area contributed by atoms with E-state index in [1.54, 1.807) is 18.0 Å². The number of benzene rings is 1. The summed E-state index contributed by atoms with van der Waals surface area (Å²) in [5, 5.41) is 9.26. The van der Waals surface area contributed by atoms with Crippen molar-refractivity contribution in [3.05, 3.63) is 52.7 Å². The van der Waals surface area contributed by atoms with Gasteiger partial charge in [0.1, 0.15) is 0 Å². The molecular formula is C14H12BrN3OS. The second kappa shape index (κ2) is 5.85. The fraction of sp³-hybridized carbons (Fsp3) is 0.143. The number of furan rings is 1. The quantitative estimate of drug-likeness (QED) is 0.664. The first-order valence-corrected chi connectivity index (χ1v) is 7.83. The Bertz CT molecular complexity index is 709. The highest BCUT2D eigenvalue weighted by molar-refractivity contribution is 9.10. The van der Waals surface area contributed by atoms with Crippen molar-refractivity contribution in [1.29, 1.82) is 0 Å². The molecule has 0 aliphatic heterocycles. The highest BCUT2D eigenvalue weighted by Crippen LogP contribution is 2.27. The van der Waals surface area contributed by atoms with Crippen LogP contribution in [0.2, 0.25) is 0 Å². The SMILES string of the molecule is Cn1c(SCc2ccccc2Br)nnc1-c1ccco1. The summed E-state index contributed by atoms with van der Waals surface area (Å²) in [6.07, 6.45) is 1.64. The van der Waals surface area contributed by atoms with Gasteiger partial charge in [-0.2, -0.15) is 0 Å². The monoisotopic (exact) mass is 349 g/mol. The lowest BCUT2D eigenvalue weighted by molar-refractivity contribution is 0.572. The van der Waals surface area contributed by atoms with Gasteiger partial charge in [-0.3, -0.25) is 0 Å². The zero-order valence-corrected chi connectivity index (χ0v) is 13.2. The van der Waals surface area contributed by atoms with Crippen molar-refractivity contribution in [2.45, 2.75) is 10.9 Å². The summed E-state index contributed by atoms with van der Waals surface area (Å²) in [5.74, 6) is 2.31. The molecule has 0 spiro atoms. The number of aromatic nitrogens is 3. The third kappa shape index (κ3) is 2.66. The average Bonchev–Trinajstić information content (AvgIpc) is 3.08. The van der Waals surface area contributed by atoms with E-state index in [0.29, 0.717) is 0 Å². The summed E-state index contributed by atoms with van der Waals surface area (Å²) in [4.78, 5) is 0. The average molecular weight is 350 g/mol. The minimum Gasteiger partial charge on any atom is -0.461 e. The first kappa shape index (κ1) is 13.5.